The van der Waals surface area contributed by atoms with Crippen LogP contribution in [0.3, 0.4) is 0 Å². The first kappa shape index (κ1) is 14.1. The number of rotatable bonds is 2. The average Bonchev–Trinajstić information content (AvgIpc) is 2.93. The summed E-state index contributed by atoms with van der Waals surface area (Å²) in [4.78, 5) is 15.6. The van der Waals surface area contributed by atoms with Crippen LogP contribution in [0.2, 0.25) is 0 Å². The molecule has 1 N–H and O–H groups in total. The molecule has 0 spiro atoms. The van der Waals surface area contributed by atoms with Crippen LogP contribution in [-0.2, 0) is 4.74 Å². The van der Waals surface area contributed by atoms with E-state index in [1.807, 2.05) is 13.1 Å². The number of carbonyl (C=O) groups is 1. The molecule has 0 atom stereocenters. The van der Waals surface area contributed by atoms with Crippen molar-refractivity contribution in [2.45, 2.75) is 18.9 Å². The van der Waals surface area contributed by atoms with Crippen LogP contribution in [0.25, 0.3) is 0 Å². The van der Waals surface area contributed by atoms with Crippen molar-refractivity contribution in [3.8, 4) is 11.8 Å². The molecule has 1 aliphatic rings. The molecule has 0 aromatic carbocycles. The van der Waals surface area contributed by atoms with Crippen LogP contribution in [0.15, 0.2) is 12.1 Å². The van der Waals surface area contributed by atoms with Gasteiger partial charge >= 0.3 is 0 Å². The summed E-state index contributed by atoms with van der Waals surface area (Å²) in [6.07, 6.45) is 1.79. The Labute approximate surface area is 117 Å². The summed E-state index contributed by atoms with van der Waals surface area (Å²) < 4.78 is 5.31. The van der Waals surface area contributed by atoms with E-state index in [1.165, 1.54) is 11.3 Å². The van der Waals surface area contributed by atoms with Gasteiger partial charge in [0.05, 0.1) is 9.75 Å². The molecule has 19 heavy (non-hydrogen) atoms. The first-order chi connectivity index (χ1) is 9.22. The number of thiophene rings is 1. The Morgan fingerprint density at radius 2 is 2.26 bits per heavy atom. The molecule has 0 aliphatic carbocycles. The first-order valence-corrected chi connectivity index (χ1v) is 7.08. The van der Waals surface area contributed by atoms with Crippen LogP contribution in [0, 0.1) is 11.8 Å². The topological polar surface area (TPSA) is 49.8 Å². The smallest absolute Gasteiger partial charge is 0.263 e. The van der Waals surface area contributed by atoms with Crippen LogP contribution in [0.5, 0.6) is 0 Å². The van der Waals surface area contributed by atoms with Crippen molar-refractivity contribution in [1.29, 1.82) is 0 Å². The monoisotopic (exact) mass is 279 g/mol. The van der Waals surface area contributed by atoms with Gasteiger partial charge < -0.3 is 14.7 Å². The van der Waals surface area contributed by atoms with Gasteiger partial charge in [0.15, 0.2) is 0 Å². The van der Waals surface area contributed by atoms with Gasteiger partial charge in [0.2, 0.25) is 0 Å². The lowest BCUT2D eigenvalue weighted by Crippen LogP contribution is -2.40. The van der Waals surface area contributed by atoms with Crippen molar-refractivity contribution in [3.05, 3.63) is 21.9 Å². The summed E-state index contributed by atoms with van der Waals surface area (Å²) in [6, 6.07) is 3.87. The number of ether oxygens (including phenoxy) is 1. The molecule has 1 aliphatic heterocycles. The number of aliphatic hydroxyl groups excluding tert-OH is 1. The Balaban J connectivity index is 2.03. The third-order valence-corrected chi connectivity index (χ3v) is 4.15. The van der Waals surface area contributed by atoms with Gasteiger partial charge in [-0.1, -0.05) is 11.8 Å². The molecule has 4 nitrogen and oxygen atoms in total. The molecule has 1 fully saturated rings. The van der Waals surface area contributed by atoms with Crippen molar-refractivity contribution in [3.63, 3.8) is 0 Å². The summed E-state index contributed by atoms with van der Waals surface area (Å²) in [5.74, 6) is 5.44. The quantitative estimate of drug-likeness (QED) is 0.831. The van der Waals surface area contributed by atoms with E-state index in [4.69, 9.17) is 9.84 Å². The van der Waals surface area contributed by atoms with Crippen molar-refractivity contribution < 1.29 is 14.6 Å². The van der Waals surface area contributed by atoms with Gasteiger partial charge in [-0.3, -0.25) is 4.79 Å². The van der Waals surface area contributed by atoms with E-state index in [2.05, 4.69) is 11.8 Å². The van der Waals surface area contributed by atoms with Crippen LogP contribution in [-0.4, -0.2) is 48.8 Å². The fourth-order valence-corrected chi connectivity index (χ4v) is 2.92. The molecule has 1 saturated heterocycles. The predicted molar refractivity (Wildman–Crippen MR) is 74.2 cm³/mol. The Bertz CT molecular complexity index is 494. The molecule has 1 aromatic rings. The van der Waals surface area contributed by atoms with Crippen LogP contribution < -0.4 is 0 Å². The second-order valence-corrected chi connectivity index (χ2v) is 5.47. The highest BCUT2D eigenvalue weighted by Gasteiger charge is 2.24. The largest absolute Gasteiger partial charge is 0.384 e. The number of nitrogens with zero attached hydrogens (tertiary/aromatic N) is 1. The number of amides is 1. The van der Waals surface area contributed by atoms with Crippen molar-refractivity contribution in [2.75, 3.05) is 26.9 Å². The average molecular weight is 279 g/mol. The zero-order valence-corrected chi connectivity index (χ0v) is 11.7. The van der Waals surface area contributed by atoms with Gasteiger partial charge in [-0.25, -0.2) is 0 Å². The second-order valence-electron chi connectivity index (χ2n) is 4.38. The molecule has 102 valence electrons. The minimum absolute atomic E-state index is 0.0361. The Hall–Kier alpha value is -1.35. The van der Waals surface area contributed by atoms with Gasteiger partial charge in [0.25, 0.3) is 5.91 Å². The van der Waals surface area contributed by atoms with E-state index in [-0.39, 0.29) is 18.6 Å². The molecule has 1 aromatic heterocycles. The standard InChI is InChI=1S/C14H17NO3S/c1-15(11-6-9-18-10-7-11)14(17)13-5-4-12(19-13)3-2-8-16/h4-5,11,16H,6-10H2,1H3. The van der Waals surface area contributed by atoms with E-state index in [9.17, 15) is 4.79 Å². The highest BCUT2D eigenvalue weighted by molar-refractivity contribution is 7.14. The van der Waals surface area contributed by atoms with Gasteiger partial charge in [0, 0.05) is 26.3 Å². The zero-order chi connectivity index (χ0) is 13.7. The second kappa shape index (κ2) is 6.71. The fraction of sp³-hybridized carbons (Fsp3) is 0.500. The first-order valence-electron chi connectivity index (χ1n) is 6.27. The predicted octanol–water partition coefficient (Wildman–Crippen LogP) is 1.34. The van der Waals surface area contributed by atoms with Gasteiger partial charge in [0.1, 0.15) is 6.61 Å². The normalized spacial score (nSPS) is 15.7. The molecule has 5 heteroatoms. The molecular weight excluding hydrogens is 262 g/mol. The molecule has 2 heterocycles. The van der Waals surface area contributed by atoms with E-state index < -0.39 is 0 Å². The molecule has 2 rings (SSSR count). The Kier molecular flexibility index (Phi) is 4.97. The summed E-state index contributed by atoms with van der Waals surface area (Å²) >= 11 is 1.37. The van der Waals surface area contributed by atoms with Gasteiger partial charge in [-0.2, -0.15) is 0 Å². The highest BCUT2D eigenvalue weighted by atomic mass is 32.1. The lowest BCUT2D eigenvalue weighted by molar-refractivity contribution is 0.0365. The molecular formula is C14H17NO3S. The third kappa shape index (κ3) is 3.57. The van der Waals surface area contributed by atoms with E-state index in [1.54, 1.807) is 11.0 Å². The number of aliphatic hydroxyl groups is 1. The minimum atomic E-state index is -0.164. The SMILES string of the molecule is CN(C(=O)c1ccc(C#CCO)s1)C1CCOCC1. The lowest BCUT2D eigenvalue weighted by Gasteiger charge is -2.30. The number of hydrogen-bond acceptors (Lipinski definition) is 4. The van der Waals surface area contributed by atoms with Gasteiger partial charge in [-0.05, 0) is 25.0 Å². The molecule has 1 amide bonds. The summed E-state index contributed by atoms with van der Waals surface area (Å²) in [5.41, 5.74) is 0. The highest BCUT2D eigenvalue weighted by Crippen LogP contribution is 2.20. The van der Waals surface area contributed by atoms with Crippen molar-refractivity contribution in [1.82, 2.24) is 4.90 Å². The third-order valence-electron chi connectivity index (χ3n) is 3.17. The molecule has 0 radical (unpaired) electrons. The van der Waals surface area contributed by atoms with E-state index >= 15 is 0 Å². The van der Waals surface area contributed by atoms with Crippen LogP contribution >= 0.6 is 11.3 Å². The maximum Gasteiger partial charge on any atom is 0.263 e. The molecule has 0 bridgehead atoms. The number of hydrogen-bond donors (Lipinski definition) is 1. The summed E-state index contributed by atoms with van der Waals surface area (Å²) in [6.45, 7) is 1.28. The maximum atomic E-state index is 12.3. The van der Waals surface area contributed by atoms with Crippen LogP contribution in [0.4, 0.5) is 0 Å². The molecule has 0 saturated carbocycles. The van der Waals surface area contributed by atoms with E-state index in [0.29, 0.717) is 4.88 Å². The zero-order valence-electron chi connectivity index (χ0n) is 10.9. The minimum Gasteiger partial charge on any atom is -0.384 e. The Morgan fingerprint density at radius 1 is 1.53 bits per heavy atom. The van der Waals surface area contributed by atoms with Crippen molar-refractivity contribution in [2.24, 2.45) is 0 Å². The molecule has 0 unspecified atom stereocenters. The number of carbonyl (C=O) groups excluding carboxylic acids is 1. The van der Waals surface area contributed by atoms with Crippen LogP contribution in [0.1, 0.15) is 27.4 Å². The summed E-state index contributed by atoms with van der Waals surface area (Å²) in [5, 5.41) is 8.65. The fourth-order valence-electron chi connectivity index (χ4n) is 2.06. The van der Waals surface area contributed by atoms with E-state index in [0.717, 1.165) is 30.9 Å². The van der Waals surface area contributed by atoms with Crippen molar-refractivity contribution >= 4 is 17.2 Å². The Morgan fingerprint density at radius 3 is 2.95 bits per heavy atom. The summed E-state index contributed by atoms with van der Waals surface area (Å²) in [7, 11) is 1.84. The lowest BCUT2D eigenvalue weighted by atomic mass is 10.1. The van der Waals surface area contributed by atoms with Gasteiger partial charge in [-0.15, -0.1) is 11.3 Å². The maximum absolute atomic E-state index is 12.3.